The van der Waals surface area contributed by atoms with Gasteiger partial charge in [-0.1, -0.05) is 96.2 Å². The van der Waals surface area contributed by atoms with Gasteiger partial charge in [-0.15, -0.1) is 27.7 Å². The first-order valence-corrected chi connectivity index (χ1v) is 21.9. The first-order valence-electron chi connectivity index (χ1n) is 21.9. The molecule has 0 saturated carbocycles. The van der Waals surface area contributed by atoms with Crippen molar-refractivity contribution in [1.29, 1.82) is 0 Å². The van der Waals surface area contributed by atoms with Crippen LogP contribution in [0.25, 0.3) is 22.2 Å². The van der Waals surface area contributed by atoms with Crippen LogP contribution in [0.2, 0.25) is 0 Å². The molecule has 5 N–H and O–H groups in total. The number of ether oxygens (including phenoxy) is 2. The fourth-order valence-electron chi connectivity index (χ4n) is 8.40. The van der Waals surface area contributed by atoms with Gasteiger partial charge < -0.3 is 39.6 Å². The van der Waals surface area contributed by atoms with Crippen molar-refractivity contribution in [2.45, 2.75) is 56.5 Å². The number of nitrogens with one attached hydrogen (secondary N) is 5. The number of rotatable bonds is 14. The molecule has 19 heteroatoms. The zero-order valence-electron chi connectivity index (χ0n) is 35.9. The maximum atomic E-state index is 6.29. The van der Waals surface area contributed by atoms with Crippen LogP contribution in [-0.4, -0.2) is 89.1 Å². The van der Waals surface area contributed by atoms with E-state index in [1.54, 1.807) is 0 Å². The fourth-order valence-corrected chi connectivity index (χ4v) is 8.40. The predicted molar refractivity (Wildman–Crippen MR) is 250 cm³/mol. The molecule has 0 spiro atoms. The summed E-state index contributed by atoms with van der Waals surface area (Å²) in [6.07, 6.45) is 4.21. The van der Waals surface area contributed by atoms with Gasteiger partial charge in [0.15, 0.2) is 23.6 Å². The molecule has 4 aromatic heterocycles. The molecule has 2 fully saturated rings. The van der Waals surface area contributed by atoms with E-state index in [1.165, 1.54) is 0 Å². The maximum Gasteiger partial charge on any atom is 0.295 e. The molecular formula is C47H49ClN14O4. The van der Waals surface area contributed by atoms with E-state index in [0.717, 1.165) is 85.2 Å². The van der Waals surface area contributed by atoms with Crippen LogP contribution in [0.5, 0.6) is 11.5 Å². The van der Waals surface area contributed by atoms with Crippen LogP contribution in [0.3, 0.4) is 0 Å². The number of oxazole rings is 2. The van der Waals surface area contributed by atoms with Gasteiger partial charge in [0.2, 0.25) is 5.82 Å². The first kappa shape index (κ1) is 43.8. The lowest BCUT2D eigenvalue weighted by Crippen LogP contribution is -2.40. The van der Waals surface area contributed by atoms with Gasteiger partial charge in [0.1, 0.15) is 34.7 Å². The Kier molecular flexibility index (Phi) is 13.7. The van der Waals surface area contributed by atoms with Gasteiger partial charge in [-0.2, -0.15) is 15.2 Å². The number of hydrogen-bond acceptors (Lipinski definition) is 16. The van der Waals surface area contributed by atoms with E-state index in [2.05, 4.69) is 104 Å². The standard InChI is InChI=1S/C33H31N7O2.C14H17N7O2.ClH/c1-4-10-24(11-5-1)33(25-12-6-2-7-13-25,26-14-8-3-9-15-26)40-31(37-38-39-40)23-41-28-16-17-30-29(22-28)36-32(42-30)35-27-18-20-34-21-19-27;1-2-12-11(7-10(1)22-8-13-18-20-21-19-13)17-14(23-12)16-9-3-5-15-6-4-9;/h1-17,22,27,34H,18-21,23H2,(H,35,36);1-2,7,9,15H,3-6,8H2,(H,16,17)(H,18,19,20,21);1H. The minimum Gasteiger partial charge on any atom is -0.485 e. The van der Waals surface area contributed by atoms with Gasteiger partial charge in [-0.25, -0.2) is 4.68 Å². The highest BCUT2D eigenvalue weighted by atomic mass is 35.5. The molecule has 2 aliphatic heterocycles. The van der Waals surface area contributed by atoms with Crippen molar-refractivity contribution < 1.29 is 18.3 Å². The summed E-state index contributed by atoms with van der Waals surface area (Å²) in [4.78, 5) is 9.15. The van der Waals surface area contributed by atoms with Crippen LogP contribution < -0.4 is 30.7 Å². The molecule has 0 radical (unpaired) electrons. The summed E-state index contributed by atoms with van der Waals surface area (Å²) in [5.74, 6) is 2.42. The van der Waals surface area contributed by atoms with Gasteiger partial charge in [-0.3, -0.25) is 0 Å². The molecule has 2 saturated heterocycles. The third-order valence-corrected chi connectivity index (χ3v) is 11.6. The van der Waals surface area contributed by atoms with E-state index in [9.17, 15) is 0 Å². The van der Waals surface area contributed by atoms with E-state index in [-0.39, 0.29) is 25.6 Å². The highest BCUT2D eigenvalue weighted by Crippen LogP contribution is 2.41. The quantitative estimate of drug-likeness (QED) is 0.0701. The minimum atomic E-state index is -0.822. The average molecular weight is 909 g/mol. The second kappa shape index (κ2) is 20.6. The molecule has 0 unspecified atom stereocenters. The lowest BCUT2D eigenvalue weighted by molar-refractivity contribution is 0.277. The zero-order valence-corrected chi connectivity index (χ0v) is 36.7. The number of hydrogen-bond donors (Lipinski definition) is 5. The summed E-state index contributed by atoms with van der Waals surface area (Å²) in [6, 6.07) is 44.0. The number of nitrogens with zero attached hydrogens (tertiary/aromatic N) is 9. The smallest absolute Gasteiger partial charge is 0.295 e. The van der Waals surface area contributed by atoms with Crippen molar-refractivity contribution in [2.75, 3.05) is 36.8 Å². The number of piperidine rings is 2. The highest BCUT2D eigenvalue weighted by molar-refractivity contribution is 5.85. The minimum absolute atomic E-state index is 0. The average Bonchev–Trinajstić information content (AvgIpc) is 4.20. The largest absolute Gasteiger partial charge is 0.485 e. The molecule has 9 aromatic rings. The topological polar surface area (TPSA) is 217 Å². The summed E-state index contributed by atoms with van der Waals surface area (Å²) < 4.78 is 25.5. The van der Waals surface area contributed by atoms with Crippen LogP contribution in [0, 0.1) is 0 Å². The summed E-state index contributed by atoms with van der Waals surface area (Å²) in [6.45, 7) is 4.44. The second-order valence-corrected chi connectivity index (χ2v) is 15.9. The maximum absolute atomic E-state index is 6.29. The number of anilines is 2. The second-order valence-electron chi connectivity index (χ2n) is 15.9. The molecule has 338 valence electrons. The van der Waals surface area contributed by atoms with Crippen molar-refractivity contribution in [1.82, 2.24) is 61.4 Å². The Morgan fingerprint density at radius 3 is 1.56 bits per heavy atom. The number of fused-ring (bicyclic) bond motifs is 2. The van der Waals surface area contributed by atoms with Crippen molar-refractivity contribution in [3.05, 3.63) is 156 Å². The van der Waals surface area contributed by atoms with E-state index in [4.69, 9.17) is 18.3 Å². The number of aromatic amines is 1. The fraction of sp³-hybridized carbons (Fsp3) is 0.277. The summed E-state index contributed by atoms with van der Waals surface area (Å²) in [5, 5.41) is 40.2. The van der Waals surface area contributed by atoms with E-state index >= 15 is 0 Å². The molecule has 0 amide bonds. The molecule has 0 aliphatic carbocycles. The van der Waals surface area contributed by atoms with Gasteiger partial charge in [0.25, 0.3) is 12.0 Å². The third-order valence-electron chi connectivity index (χ3n) is 11.6. The van der Waals surface area contributed by atoms with Crippen molar-refractivity contribution in [2.24, 2.45) is 0 Å². The molecular weight excluding hydrogens is 860 g/mol. The lowest BCUT2D eigenvalue weighted by Gasteiger charge is -2.36. The lowest BCUT2D eigenvalue weighted by atomic mass is 9.77. The summed E-state index contributed by atoms with van der Waals surface area (Å²) in [7, 11) is 0. The Bertz CT molecular complexity index is 2790. The predicted octanol–water partition coefficient (Wildman–Crippen LogP) is 6.90. The number of H-pyrrole nitrogens is 1. The molecule has 11 rings (SSSR count). The van der Waals surface area contributed by atoms with E-state index in [0.29, 0.717) is 52.8 Å². The van der Waals surface area contributed by atoms with E-state index < -0.39 is 5.54 Å². The molecule has 6 heterocycles. The summed E-state index contributed by atoms with van der Waals surface area (Å²) in [5.41, 5.74) is 5.21. The third kappa shape index (κ3) is 9.80. The van der Waals surface area contributed by atoms with Gasteiger partial charge in [-0.05, 0) is 103 Å². The molecule has 66 heavy (non-hydrogen) atoms. The van der Waals surface area contributed by atoms with Crippen LogP contribution >= 0.6 is 12.4 Å². The monoisotopic (exact) mass is 908 g/mol. The number of benzene rings is 5. The molecule has 0 atom stereocenters. The Labute approximate surface area is 385 Å². The molecule has 18 nitrogen and oxygen atoms in total. The van der Waals surface area contributed by atoms with Gasteiger partial charge >= 0.3 is 0 Å². The number of halogens is 1. The Morgan fingerprint density at radius 2 is 1.09 bits per heavy atom. The Balaban J connectivity index is 0.000000193. The molecule has 0 bridgehead atoms. The van der Waals surface area contributed by atoms with Crippen molar-refractivity contribution >= 4 is 46.6 Å². The van der Waals surface area contributed by atoms with Gasteiger partial charge in [0, 0.05) is 24.2 Å². The van der Waals surface area contributed by atoms with Gasteiger partial charge in [0.05, 0.1) is 0 Å². The number of tetrazole rings is 2. The number of aromatic nitrogens is 10. The molecule has 5 aromatic carbocycles. The normalized spacial score (nSPS) is 14.5. The SMILES string of the molecule is Cl.c1cc2oc(NC3CCNCC3)nc2cc1OCc1nn[nH]n1.c1ccc(C(c2ccccc2)(c2ccccc2)n2nnnc2COc2ccc3oc(NC4CCNCC4)nc3c2)cc1. The van der Waals surface area contributed by atoms with Crippen LogP contribution in [0.4, 0.5) is 12.0 Å². The van der Waals surface area contributed by atoms with Crippen molar-refractivity contribution in [3.63, 3.8) is 0 Å². The Morgan fingerprint density at radius 1 is 0.606 bits per heavy atom. The van der Waals surface area contributed by atoms with E-state index in [1.807, 2.05) is 95.7 Å². The molecule has 2 aliphatic rings. The van der Waals surface area contributed by atoms with Crippen LogP contribution in [-0.2, 0) is 18.8 Å². The highest BCUT2D eigenvalue weighted by Gasteiger charge is 2.41. The zero-order chi connectivity index (χ0) is 43.7. The Hall–Kier alpha value is -7.41. The van der Waals surface area contributed by atoms with Crippen LogP contribution in [0.1, 0.15) is 54.0 Å². The first-order chi connectivity index (χ1) is 32.2. The van der Waals surface area contributed by atoms with Crippen LogP contribution in [0.15, 0.2) is 136 Å². The van der Waals surface area contributed by atoms with Crippen molar-refractivity contribution in [3.8, 4) is 11.5 Å². The summed E-state index contributed by atoms with van der Waals surface area (Å²) >= 11 is 0.